The average Bonchev–Trinajstić information content (AvgIpc) is 3.06. The Hall–Kier alpha value is -1.92. The second-order valence-electron chi connectivity index (χ2n) is 4.29. The normalized spacial score (nSPS) is 17.9. The Bertz CT molecular complexity index is 562. The van der Waals surface area contributed by atoms with Crippen LogP contribution in [0, 0.1) is 0 Å². The maximum atomic E-state index is 10.6. The van der Waals surface area contributed by atoms with Gasteiger partial charge >= 0.3 is 0 Å². The van der Waals surface area contributed by atoms with Crippen LogP contribution in [-0.4, -0.2) is 45.8 Å². The SMILES string of the molecule is CN1CCC(O)C1=O.Clc1cccc(-c2ccon2)n1. The van der Waals surface area contributed by atoms with E-state index in [9.17, 15) is 4.79 Å². The van der Waals surface area contributed by atoms with Gasteiger partial charge in [0.15, 0.2) is 0 Å². The highest BCUT2D eigenvalue weighted by molar-refractivity contribution is 6.29. The number of hydrogen-bond donors (Lipinski definition) is 1. The Morgan fingerprint density at radius 1 is 1.40 bits per heavy atom. The van der Waals surface area contributed by atoms with Gasteiger partial charge in [-0.25, -0.2) is 4.98 Å². The maximum Gasteiger partial charge on any atom is 0.251 e. The van der Waals surface area contributed by atoms with Crippen molar-refractivity contribution in [3.05, 3.63) is 35.7 Å². The lowest BCUT2D eigenvalue weighted by Crippen LogP contribution is -2.24. The first-order chi connectivity index (χ1) is 9.58. The molecule has 1 fully saturated rings. The van der Waals surface area contributed by atoms with Crippen LogP contribution in [0.1, 0.15) is 6.42 Å². The quantitative estimate of drug-likeness (QED) is 0.808. The molecule has 1 aliphatic rings. The highest BCUT2D eigenvalue weighted by Crippen LogP contribution is 2.15. The van der Waals surface area contributed by atoms with Gasteiger partial charge in [0.05, 0.1) is 5.69 Å². The largest absolute Gasteiger partial charge is 0.383 e. The third-order valence-electron chi connectivity index (χ3n) is 2.81. The van der Waals surface area contributed by atoms with Gasteiger partial charge in [-0.1, -0.05) is 22.8 Å². The summed E-state index contributed by atoms with van der Waals surface area (Å²) in [6.07, 6.45) is 1.37. The van der Waals surface area contributed by atoms with E-state index in [-0.39, 0.29) is 5.91 Å². The van der Waals surface area contributed by atoms with E-state index in [1.807, 2.05) is 12.1 Å². The minimum absolute atomic E-state index is 0.148. The number of hydrogen-bond acceptors (Lipinski definition) is 5. The molecule has 0 aromatic carbocycles. The zero-order valence-corrected chi connectivity index (χ0v) is 11.6. The van der Waals surface area contributed by atoms with Gasteiger partial charge in [0.1, 0.15) is 23.2 Å². The molecule has 2 aromatic heterocycles. The molecule has 3 heterocycles. The van der Waals surface area contributed by atoms with E-state index in [1.54, 1.807) is 19.2 Å². The Labute approximate surface area is 121 Å². The van der Waals surface area contributed by atoms with Crippen LogP contribution in [0.4, 0.5) is 0 Å². The van der Waals surface area contributed by atoms with Crippen LogP contribution in [0.15, 0.2) is 35.1 Å². The molecule has 0 spiro atoms. The Kier molecular flexibility index (Phi) is 4.70. The molecular formula is C13H14ClN3O3. The first-order valence-electron chi connectivity index (χ1n) is 6.04. The minimum Gasteiger partial charge on any atom is -0.383 e. The van der Waals surface area contributed by atoms with Crippen molar-refractivity contribution < 1.29 is 14.4 Å². The first kappa shape index (κ1) is 14.5. The summed E-state index contributed by atoms with van der Waals surface area (Å²) in [5, 5.41) is 13.0. The number of nitrogens with zero attached hydrogens (tertiary/aromatic N) is 3. The molecule has 1 unspecified atom stereocenters. The van der Waals surface area contributed by atoms with Crippen molar-refractivity contribution >= 4 is 17.5 Å². The second kappa shape index (κ2) is 6.49. The molecule has 0 saturated carbocycles. The van der Waals surface area contributed by atoms with Gasteiger partial charge in [0.2, 0.25) is 0 Å². The molecule has 6 nitrogen and oxygen atoms in total. The van der Waals surface area contributed by atoms with Crippen molar-refractivity contribution in [1.82, 2.24) is 15.0 Å². The molecule has 1 N–H and O–H groups in total. The summed E-state index contributed by atoms with van der Waals surface area (Å²) in [7, 11) is 1.69. The van der Waals surface area contributed by atoms with E-state index in [0.717, 1.165) is 5.69 Å². The van der Waals surface area contributed by atoms with Crippen LogP contribution in [0.25, 0.3) is 11.4 Å². The highest BCUT2D eigenvalue weighted by atomic mass is 35.5. The number of pyridine rings is 1. The number of halogens is 1. The van der Waals surface area contributed by atoms with Gasteiger partial charge in [-0.15, -0.1) is 0 Å². The molecule has 7 heteroatoms. The number of aromatic nitrogens is 2. The fourth-order valence-corrected chi connectivity index (χ4v) is 1.86. The molecule has 0 aliphatic carbocycles. The third-order valence-corrected chi connectivity index (χ3v) is 3.03. The van der Waals surface area contributed by atoms with E-state index >= 15 is 0 Å². The van der Waals surface area contributed by atoms with Crippen molar-refractivity contribution in [2.75, 3.05) is 13.6 Å². The molecule has 0 bridgehead atoms. The molecule has 0 radical (unpaired) electrons. The third kappa shape index (κ3) is 3.55. The van der Waals surface area contributed by atoms with Crippen LogP contribution in [0.3, 0.4) is 0 Å². The van der Waals surface area contributed by atoms with Gasteiger partial charge in [-0.05, 0) is 18.6 Å². The van der Waals surface area contributed by atoms with Crippen molar-refractivity contribution in [2.24, 2.45) is 0 Å². The Morgan fingerprint density at radius 2 is 2.20 bits per heavy atom. The predicted molar refractivity (Wildman–Crippen MR) is 73.0 cm³/mol. The number of aliphatic hydroxyl groups excluding tert-OH is 1. The second-order valence-corrected chi connectivity index (χ2v) is 4.68. The van der Waals surface area contributed by atoms with Gasteiger partial charge in [0, 0.05) is 19.7 Å². The number of carbonyl (C=O) groups is 1. The molecule has 20 heavy (non-hydrogen) atoms. The maximum absolute atomic E-state index is 10.6. The standard InChI is InChI=1S/C8H5ClN2O.C5H9NO2/c9-8-3-1-2-6(10-8)7-4-5-12-11-7;1-6-3-2-4(7)5(6)8/h1-5H;4,7H,2-3H2,1H3. The molecule has 106 valence electrons. The van der Waals surface area contributed by atoms with Gasteiger partial charge in [-0.2, -0.15) is 0 Å². The minimum atomic E-state index is -0.722. The number of amides is 1. The van der Waals surface area contributed by atoms with Crippen molar-refractivity contribution in [1.29, 1.82) is 0 Å². The molecule has 3 rings (SSSR count). The highest BCUT2D eigenvalue weighted by Gasteiger charge is 2.25. The van der Waals surface area contributed by atoms with Gasteiger partial charge in [0.25, 0.3) is 5.91 Å². The summed E-state index contributed by atoms with van der Waals surface area (Å²) in [5.41, 5.74) is 1.41. The van der Waals surface area contributed by atoms with Crippen LogP contribution >= 0.6 is 11.6 Å². The van der Waals surface area contributed by atoms with Crippen molar-refractivity contribution in [3.63, 3.8) is 0 Å². The fraction of sp³-hybridized carbons (Fsp3) is 0.308. The van der Waals surface area contributed by atoms with E-state index < -0.39 is 6.10 Å². The monoisotopic (exact) mass is 295 g/mol. The van der Waals surface area contributed by atoms with E-state index in [0.29, 0.717) is 23.8 Å². The number of likely N-dealkylation sites (N-methyl/N-ethyl adjacent to an activating group) is 1. The lowest BCUT2D eigenvalue weighted by molar-refractivity contribution is -0.133. The predicted octanol–water partition coefficient (Wildman–Crippen LogP) is 1.60. The number of likely N-dealkylation sites (tertiary alicyclic amines) is 1. The van der Waals surface area contributed by atoms with Crippen molar-refractivity contribution in [2.45, 2.75) is 12.5 Å². The number of rotatable bonds is 1. The number of aliphatic hydroxyl groups is 1. The molecular weight excluding hydrogens is 282 g/mol. The smallest absolute Gasteiger partial charge is 0.251 e. The Balaban J connectivity index is 0.000000160. The van der Waals surface area contributed by atoms with Gasteiger partial charge in [-0.3, -0.25) is 4.79 Å². The van der Waals surface area contributed by atoms with E-state index in [1.165, 1.54) is 11.2 Å². The van der Waals surface area contributed by atoms with Crippen LogP contribution in [-0.2, 0) is 4.79 Å². The summed E-state index contributed by atoms with van der Waals surface area (Å²) in [6.45, 7) is 0.694. The van der Waals surface area contributed by atoms with E-state index in [4.69, 9.17) is 16.7 Å². The summed E-state index contributed by atoms with van der Waals surface area (Å²) in [5.74, 6) is -0.148. The summed E-state index contributed by atoms with van der Waals surface area (Å²) >= 11 is 5.69. The first-order valence-corrected chi connectivity index (χ1v) is 6.42. The van der Waals surface area contributed by atoms with Crippen LogP contribution in [0.5, 0.6) is 0 Å². The fourth-order valence-electron chi connectivity index (χ4n) is 1.70. The topological polar surface area (TPSA) is 79.5 Å². The average molecular weight is 296 g/mol. The zero-order chi connectivity index (χ0) is 14.5. The number of carbonyl (C=O) groups excluding carboxylic acids is 1. The lowest BCUT2D eigenvalue weighted by Gasteiger charge is -2.04. The molecule has 1 aliphatic heterocycles. The van der Waals surface area contributed by atoms with Crippen LogP contribution in [0.2, 0.25) is 5.15 Å². The molecule has 1 saturated heterocycles. The lowest BCUT2D eigenvalue weighted by atomic mass is 10.3. The Morgan fingerprint density at radius 3 is 2.65 bits per heavy atom. The van der Waals surface area contributed by atoms with Gasteiger partial charge < -0.3 is 14.5 Å². The summed E-state index contributed by atoms with van der Waals surface area (Å²) < 4.78 is 4.68. The zero-order valence-electron chi connectivity index (χ0n) is 10.9. The van der Waals surface area contributed by atoms with Crippen molar-refractivity contribution in [3.8, 4) is 11.4 Å². The van der Waals surface area contributed by atoms with E-state index in [2.05, 4.69) is 14.7 Å². The van der Waals surface area contributed by atoms with Crippen LogP contribution < -0.4 is 0 Å². The molecule has 1 amide bonds. The summed E-state index contributed by atoms with van der Waals surface area (Å²) in [4.78, 5) is 16.2. The summed E-state index contributed by atoms with van der Waals surface area (Å²) in [6, 6.07) is 7.09. The molecule has 1 atom stereocenters. The molecule has 2 aromatic rings.